The van der Waals surface area contributed by atoms with E-state index in [4.69, 9.17) is 14.8 Å². The number of nitrogens with two attached hydrogens (primary N) is 1. The summed E-state index contributed by atoms with van der Waals surface area (Å²) in [5, 5.41) is 13.7. The lowest BCUT2D eigenvalue weighted by molar-refractivity contribution is -0.123. The lowest BCUT2D eigenvalue weighted by atomic mass is 10.0. The second-order valence-electron chi connectivity index (χ2n) is 14.9. The maximum Gasteiger partial charge on any atom is 0.472 e. The summed E-state index contributed by atoms with van der Waals surface area (Å²) in [6.45, 7) is 4.12. The molecule has 0 radical (unpaired) electrons. The van der Waals surface area contributed by atoms with Crippen LogP contribution in [-0.4, -0.2) is 47.8 Å². The molecule has 5 N–H and O–H groups in total. The highest BCUT2D eigenvalue weighted by Gasteiger charge is 2.26. The molecule has 3 atom stereocenters. The summed E-state index contributed by atoms with van der Waals surface area (Å²) in [5.74, 6) is -0.202. The van der Waals surface area contributed by atoms with Gasteiger partial charge in [0.2, 0.25) is 5.91 Å². The van der Waals surface area contributed by atoms with Crippen LogP contribution in [0.5, 0.6) is 0 Å². The first-order valence-corrected chi connectivity index (χ1v) is 23.6. The average Bonchev–Trinajstić information content (AvgIpc) is 3.14. The number of aliphatic hydroxyl groups excluding tert-OH is 1. The predicted molar refractivity (Wildman–Crippen MR) is 226 cm³/mol. The number of allylic oxidation sites excluding steroid dienone is 5. The number of carbonyl (C=O) groups is 1. The van der Waals surface area contributed by atoms with Crippen molar-refractivity contribution in [3.05, 3.63) is 36.5 Å². The highest BCUT2D eigenvalue weighted by atomic mass is 31.2. The summed E-state index contributed by atoms with van der Waals surface area (Å²) in [7, 11) is -4.34. The van der Waals surface area contributed by atoms with Crippen LogP contribution in [0.3, 0.4) is 0 Å². The van der Waals surface area contributed by atoms with Crippen LogP contribution in [0.15, 0.2) is 36.5 Å². The van der Waals surface area contributed by atoms with E-state index in [-0.39, 0.29) is 25.7 Å². The van der Waals surface area contributed by atoms with Gasteiger partial charge in [0.05, 0.1) is 25.4 Å². The van der Waals surface area contributed by atoms with E-state index in [1.54, 1.807) is 6.08 Å². The van der Waals surface area contributed by atoms with Crippen molar-refractivity contribution >= 4 is 13.7 Å². The number of aliphatic hydroxyl groups is 1. The van der Waals surface area contributed by atoms with Crippen molar-refractivity contribution in [2.24, 2.45) is 5.73 Å². The second-order valence-corrected chi connectivity index (χ2v) is 16.4. The van der Waals surface area contributed by atoms with Gasteiger partial charge < -0.3 is 21.1 Å². The summed E-state index contributed by atoms with van der Waals surface area (Å²) >= 11 is 0. The number of hydrogen-bond donors (Lipinski definition) is 4. The molecule has 53 heavy (non-hydrogen) atoms. The second kappa shape index (κ2) is 40.4. The molecule has 0 aromatic heterocycles. The Kier molecular flexibility index (Phi) is 39.4. The van der Waals surface area contributed by atoms with Crippen LogP contribution >= 0.6 is 7.82 Å². The van der Waals surface area contributed by atoms with E-state index in [0.717, 1.165) is 51.4 Å². The van der Waals surface area contributed by atoms with E-state index < -0.39 is 20.0 Å². The monoisotopic (exact) mass is 769 g/mol. The van der Waals surface area contributed by atoms with Crippen LogP contribution in [0.2, 0.25) is 0 Å². The highest BCUT2D eigenvalue weighted by molar-refractivity contribution is 7.47. The topological polar surface area (TPSA) is 131 Å². The zero-order chi connectivity index (χ0) is 38.9. The molecule has 0 aliphatic heterocycles. The molecule has 1 amide bonds. The molecule has 0 saturated heterocycles. The lowest BCUT2D eigenvalue weighted by Gasteiger charge is -2.23. The molecule has 0 heterocycles. The van der Waals surface area contributed by atoms with Gasteiger partial charge in [-0.1, -0.05) is 185 Å². The number of unbranched alkanes of at least 4 members (excludes halogenated alkanes) is 25. The fourth-order valence-corrected chi connectivity index (χ4v) is 7.10. The van der Waals surface area contributed by atoms with E-state index in [0.29, 0.717) is 6.42 Å². The molecule has 0 bridgehead atoms. The summed E-state index contributed by atoms with van der Waals surface area (Å²) < 4.78 is 22.1. The van der Waals surface area contributed by atoms with E-state index in [9.17, 15) is 19.4 Å². The average molecular weight is 769 g/mol. The van der Waals surface area contributed by atoms with Crippen LogP contribution in [0, 0.1) is 0 Å². The molecule has 312 valence electrons. The van der Waals surface area contributed by atoms with Crippen LogP contribution in [0.1, 0.15) is 206 Å². The van der Waals surface area contributed by atoms with Crippen molar-refractivity contribution in [3.8, 4) is 0 Å². The Morgan fingerprint density at radius 2 is 1.04 bits per heavy atom. The van der Waals surface area contributed by atoms with Crippen molar-refractivity contribution in [3.63, 3.8) is 0 Å². The highest BCUT2D eigenvalue weighted by Crippen LogP contribution is 2.43. The first-order chi connectivity index (χ1) is 25.9. The van der Waals surface area contributed by atoms with Gasteiger partial charge in [0.1, 0.15) is 0 Å². The molecule has 0 aliphatic carbocycles. The Morgan fingerprint density at radius 1 is 0.623 bits per heavy atom. The number of phosphoric acid groups is 1. The van der Waals surface area contributed by atoms with Crippen LogP contribution in [0.4, 0.5) is 0 Å². The van der Waals surface area contributed by atoms with Gasteiger partial charge >= 0.3 is 7.82 Å². The Balaban J connectivity index is 4.23. The predicted octanol–water partition coefficient (Wildman–Crippen LogP) is 12.3. The van der Waals surface area contributed by atoms with Crippen LogP contribution in [0.25, 0.3) is 0 Å². The summed E-state index contributed by atoms with van der Waals surface area (Å²) in [5.41, 5.74) is 5.37. The largest absolute Gasteiger partial charge is 0.472 e. The third kappa shape index (κ3) is 38.8. The Bertz CT molecular complexity index is 928. The Hall–Kier alpha value is -1.28. The van der Waals surface area contributed by atoms with Gasteiger partial charge in [-0.25, -0.2) is 4.57 Å². The molecule has 0 aliphatic rings. The van der Waals surface area contributed by atoms with Crippen LogP contribution < -0.4 is 11.1 Å². The van der Waals surface area contributed by atoms with E-state index in [1.165, 1.54) is 135 Å². The van der Waals surface area contributed by atoms with Gasteiger partial charge in [0, 0.05) is 13.0 Å². The van der Waals surface area contributed by atoms with Gasteiger partial charge in [0.15, 0.2) is 0 Å². The maximum absolute atomic E-state index is 12.8. The van der Waals surface area contributed by atoms with Crippen molar-refractivity contribution in [1.29, 1.82) is 0 Å². The van der Waals surface area contributed by atoms with Gasteiger partial charge in [-0.3, -0.25) is 13.8 Å². The molecule has 9 heteroatoms. The molecule has 0 aromatic carbocycles. The standard InChI is InChI=1S/C44H85N2O6P/c1-3-5-7-9-11-13-15-17-19-21-22-24-26-28-30-32-34-36-38-44(48)46-42(41-52-53(49,50)51-40-39-45)43(47)37-35-33-31-29-27-25-23-20-18-16-14-12-10-8-6-4-2/h13,15,19,21,35,37,42-43,47H,3-12,14,16-18,20,22-34,36,38-41,45H2,1-2H3,(H,46,48)(H,49,50)/b15-13-,21-19-,37-35+. The molecular formula is C44H85N2O6P. The third-order valence-electron chi connectivity index (χ3n) is 9.71. The lowest BCUT2D eigenvalue weighted by Crippen LogP contribution is -2.45. The van der Waals surface area contributed by atoms with Crippen molar-refractivity contribution in [1.82, 2.24) is 5.32 Å². The van der Waals surface area contributed by atoms with Crippen molar-refractivity contribution in [2.45, 2.75) is 219 Å². The van der Waals surface area contributed by atoms with Gasteiger partial charge in [-0.2, -0.15) is 0 Å². The first-order valence-electron chi connectivity index (χ1n) is 22.1. The Labute approximate surface area is 327 Å². The number of carbonyl (C=O) groups excluding carboxylic acids is 1. The minimum Gasteiger partial charge on any atom is -0.387 e. The van der Waals surface area contributed by atoms with Gasteiger partial charge in [0.25, 0.3) is 0 Å². The molecule has 0 fully saturated rings. The summed E-state index contributed by atoms with van der Waals surface area (Å²) in [4.78, 5) is 22.7. The molecule has 0 saturated carbocycles. The summed E-state index contributed by atoms with van der Waals surface area (Å²) in [6, 6.07) is -0.863. The molecule has 3 unspecified atom stereocenters. The minimum absolute atomic E-state index is 0.0768. The zero-order valence-corrected chi connectivity index (χ0v) is 35.4. The van der Waals surface area contributed by atoms with E-state index >= 15 is 0 Å². The number of nitrogens with one attached hydrogen (secondary N) is 1. The fraction of sp³-hybridized carbons (Fsp3) is 0.841. The van der Waals surface area contributed by atoms with Crippen molar-refractivity contribution in [2.75, 3.05) is 19.8 Å². The number of amides is 1. The van der Waals surface area contributed by atoms with Gasteiger partial charge in [-0.15, -0.1) is 0 Å². The smallest absolute Gasteiger partial charge is 0.387 e. The van der Waals surface area contributed by atoms with E-state index in [2.05, 4.69) is 43.5 Å². The van der Waals surface area contributed by atoms with Gasteiger partial charge in [-0.05, 0) is 51.4 Å². The maximum atomic E-state index is 12.8. The Morgan fingerprint density at radius 3 is 1.51 bits per heavy atom. The van der Waals surface area contributed by atoms with Crippen molar-refractivity contribution < 1.29 is 28.4 Å². The van der Waals surface area contributed by atoms with E-state index in [1.807, 2.05) is 6.08 Å². The quantitative estimate of drug-likeness (QED) is 0.0277. The normalized spacial score (nSPS) is 14.4. The number of phosphoric ester groups is 1. The number of hydrogen-bond acceptors (Lipinski definition) is 6. The number of rotatable bonds is 41. The molecule has 0 aromatic rings. The molecular weight excluding hydrogens is 683 g/mol. The zero-order valence-electron chi connectivity index (χ0n) is 34.5. The third-order valence-corrected chi connectivity index (χ3v) is 10.7. The fourth-order valence-electron chi connectivity index (χ4n) is 6.34. The molecule has 0 rings (SSSR count). The minimum atomic E-state index is -4.34. The SMILES string of the molecule is CCCCCC/C=C\C/C=C\CCCCCCCCCC(=O)NC(COP(=O)(O)OCCN)C(O)/C=C/CCCCCCCCCCCCCCCC. The summed E-state index contributed by atoms with van der Waals surface area (Å²) in [6.07, 6.45) is 47.6. The molecule has 0 spiro atoms. The first kappa shape index (κ1) is 51.7. The molecule has 8 nitrogen and oxygen atoms in total. The van der Waals surface area contributed by atoms with Crippen LogP contribution in [-0.2, 0) is 18.4 Å².